The predicted octanol–water partition coefficient (Wildman–Crippen LogP) is 1.99. The molecule has 2 N–H and O–H groups in total. The molecule has 4 atom stereocenters. The molecule has 1 heterocycles. The van der Waals surface area contributed by atoms with E-state index in [2.05, 4.69) is 5.32 Å². The number of hydrogen-bond donors (Lipinski definition) is 2. The number of benzene rings is 1. The Morgan fingerprint density at radius 3 is 2.12 bits per heavy atom. The minimum Gasteiger partial charge on any atom is -0.481 e. The van der Waals surface area contributed by atoms with E-state index in [4.69, 9.17) is 9.84 Å². The van der Waals surface area contributed by atoms with E-state index in [1.165, 1.54) is 0 Å². The average Bonchev–Trinajstić information content (AvgIpc) is 2.52. The minimum atomic E-state index is -0.925. The van der Waals surface area contributed by atoms with Crippen LogP contribution in [0.2, 0.25) is 0 Å². The summed E-state index contributed by atoms with van der Waals surface area (Å²) in [6.07, 6.45) is 1.14. The van der Waals surface area contributed by atoms with Crippen molar-refractivity contribution in [3.8, 4) is 0 Å². The maximum Gasteiger partial charge on any atom is 0.307 e. The van der Waals surface area contributed by atoms with Gasteiger partial charge in [-0.25, -0.2) is 0 Å². The molecule has 1 aliphatic heterocycles. The number of carboxylic acid groups (broad SMARTS) is 1. The van der Waals surface area contributed by atoms with Crippen molar-refractivity contribution in [2.75, 3.05) is 18.4 Å². The Hall–Kier alpha value is -2.41. The summed E-state index contributed by atoms with van der Waals surface area (Å²) in [5.41, 5.74) is 1.11. The number of aliphatic carboxylic acids is 1. The molecule has 1 saturated heterocycles. The molecule has 1 aromatic carbocycles. The number of nitrogens with one attached hydrogen (secondary N) is 1. The smallest absolute Gasteiger partial charge is 0.307 e. The molecule has 4 unspecified atom stereocenters. The number of carbonyl (C=O) groups excluding carboxylic acids is 2. The highest BCUT2D eigenvalue weighted by molar-refractivity contribution is 5.97. The SMILES string of the molecule is CC1CN(C(=O)c2ccc(NC(=O)C3CCC3C(=O)O)cc2)CC(C)O1. The largest absolute Gasteiger partial charge is 0.481 e. The Morgan fingerprint density at radius 1 is 1.04 bits per heavy atom. The van der Waals surface area contributed by atoms with Gasteiger partial charge in [0.2, 0.25) is 5.91 Å². The molecule has 140 valence electrons. The topological polar surface area (TPSA) is 95.9 Å². The molecule has 7 heteroatoms. The summed E-state index contributed by atoms with van der Waals surface area (Å²) < 4.78 is 5.65. The molecule has 2 fully saturated rings. The molecule has 1 aliphatic carbocycles. The second-order valence-electron chi connectivity index (χ2n) is 7.16. The third-order valence-corrected chi connectivity index (χ3v) is 5.03. The number of hydrogen-bond acceptors (Lipinski definition) is 4. The van der Waals surface area contributed by atoms with Gasteiger partial charge in [0.25, 0.3) is 5.91 Å². The van der Waals surface area contributed by atoms with Crippen molar-refractivity contribution < 1.29 is 24.2 Å². The fraction of sp³-hybridized carbons (Fsp3) is 0.526. The van der Waals surface area contributed by atoms with E-state index in [9.17, 15) is 14.4 Å². The van der Waals surface area contributed by atoms with Crippen LogP contribution in [-0.4, -0.2) is 53.1 Å². The van der Waals surface area contributed by atoms with Crippen molar-refractivity contribution >= 4 is 23.5 Å². The lowest BCUT2D eigenvalue weighted by Gasteiger charge is -2.35. The molecule has 0 bridgehead atoms. The molecule has 0 aromatic heterocycles. The quantitative estimate of drug-likeness (QED) is 0.856. The summed E-state index contributed by atoms with van der Waals surface area (Å²) in [4.78, 5) is 37.6. The van der Waals surface area contributed by atoms with Crippen LogP contribution in [0.15, 0.2) is 24.3 Å². The van der Waals surface area contributed by atoms with Gasteiger partial charge < -0.3 is 20.1 Å². The van der Waals surface area contributed by atoms with Crippen LogP contribution < -0.4 is 5.32 Å². The van der Waals surface area contributed by atoms with Gasteiger partial charge >= 0.3 is 5.97 Å². The van der Waals surface area contributed by atoms with E-state index in [0.717, 1.165) is 0 Å². The first-order valence-electron chi connectivity index (χ1n) is 8.93. The van der Waals surface area contributed by atoms with Gasteiger partial charge in [-0.15, -0.1) is 0 Å². The Balaban J connectivity index is 1.60. The van der Waals surface area contributed by atoms with Crippen molar-refractivity contribution in [3.63, 3.8) is 0 Å². The predicted molar refractivity (Wildman–Crippen MR) is 94.8 cm³/mol. The van der Waals surface area contributed by atoms with Gasteiger partial charge in [0.15, 0.2) is 0 Å². The molecule has 7 nitrogen and oxygen atoms in total. The Bertz CT molecular complexity index is 692. The number of carbonyl (C=O) groups is 3. The van der Waals surface area contributed by atoms with E-state index in [0.29, 0.717) is 37.2 Å². The number of rotatable bonds is 4. The molecule has 1 aromatic rings. The third kappa shape index (κ3) is 3.88. The van der Waals surface area contributed by atoms with E-state index < -0.39 is 17.8 Å². The molecule has 3 rings (SSSR count). The lowest BCUT2D eigenvalue weighted by molar-refractivity contribution is -0.151. The summed E-state index contributed by atoms with van der Waals surface area (Å²) in [6.45, 7) is 5.00. The molecule has 2 amide bonds. The second-order valence-corrected chi connectivity index (χ2v) is 7.16. The molecule has 2 aliphatic rings. The van der Waals surface area contributed by atoms with Crippen LogP contribution in [0.5, 0.6) is 0 Å². The molecule has 1 saturated carbocycles. The molecule has 0 spiro atoms. The summed E-state index contributed by atoms with van der Waals surface area (Å²) in [5, 5.41) is 11.8. The third-order valence-electron chi connectivity index (χ3n) is 5.03. The average molecular weight is 360 g/mol. The lowest BCUT2D eigenvalue weighted by atomic mass is 9.73. The van der Waals surface area contributed by atoms with Gasteiger partial charge in [0.1, 0.15) is 0 Å². The highest BCUT2D eigenvalue weighted by Crippen LogP contribution is 2.35. The van der Waals surface area contributed by atoms with E-state index in [-0.39, 0.29) is 24.0 Å². The van der Waals surface area contributed by atoms with E-state index in [1.54, 1.807) is 29.2 Å². The Labute approximate surface area is 152 Å². The zero-order chi connectivity index (χ0) is 18.8. The van der Waals surface area contributed by atoms with Crippen LogP contribution in [0.1, 0.15) is 37.0 Å². The second kappa shape index (κ2) is 7.45. The van der Waals surface area contributed by atoms with Crippen molar-refractivity contribution in [2.45, 2.75) is 38.9 Å². The van der Waals surface area contributed by atoms with Crippen LogP contribution >= 0.6 is 0 Å². The van der Waals surface area contributed by atoms with Crippen molar-refractivity contribution in [2.24, 2.45) is 11.8 Å². The zero-order valence-corrected chi connectivity index (χ0v) is 15.0. The number of nitrogens with zero attached hydrogens (tertiary/aromatic N) is 1. The van der Waals surface area contributed by atoms with Crippen molar-refractivity contribution in [1.29, 1.82) is 0 Å². The van der Waals surface area contributed by atoms with Crippen LogP contribution in [0.4, 0.5) is 5.69 Å². The van der Waals surface area contributed by atoms with Crippen LogP contribution in [-0.2, 0) is 14.3 Å². The summed E-state index contributed by atoms with van der Waals surface area (Å²) in [5.74, 6) is -2.34. The first kappa shape index (κ1) is 18.4. The molecule has 26 heavy (non-hydrogen) atoms. The fourth-order valence-electron chi connectivity index (χ4n) is 3.57. The molecular formula is C19H24N2O5. The first-order valence-corrected chi connectivity index (χ1v) is 8.93. The fourth-order valence-corrected chi connectivity index (χ4v) is 3.57. The number of anilines is 1. The summed E-state index contributed by atoms with van der Waals surface area (Å²) >= 11 is 0. The van der Waals surface area contributed by atoms with E-state index >= 15 is 0 Å². The number of carboxylic acids is 1. The molecular weight excluding hydrogens is 336 g/mol. The highest BCUT2D eigenvalue weighted by Gasteiger charge is 2.41. The van der Waals surface area contributed by atoms with E-state index in [1.807, 2.05) is 13.8 Å². The zero-order valence-electron chi connectivity index (χ0n) is 15.0. The highest BCUT2D eigenvalue weighted by atomic mass is 16.5. The van der Waals surface area contributed by atoms with Gasteiger partial charge in [-0.3, -0.25) is 14.4 Å². The Kier molecular flexibility index (Phi) is 5.27. The monoisotopic (exact) mass is 360 g/mol. The standard InChI is InChI=1S/C19H24N2O5/c1-11-9-21(10-12(2)26-11)18(23)13-3-5-14(6-4-13)20-17(22)15-7-8-16(15)19(24)25/h3-6,11-12,15-16H,7-10H2,1-2H3,(H,20,22)(H,24,25). The van der Waals surface area contributed by atoms with Gasteiger partial charge in [-0.1, -0.05) is 0 Å². The maximum absolute atomic E-state index is 12.6. The molecule has 0 radical (unpaired) electrons. The van der Waals surface area contributed by atoms with Gasteiger partial charge in [-0.2, -0.15) is 0 Å². The lowest BCUT2D eigenvalue weighted by Crippen LogP contribution is -2.48. The summed E-state index contributed by atoms with van der Waals surface area (Å²) in [6, 6.07) is 6.70. The summed E-state index contributed by atoms with van der Waals surface area (Å²) in [7, 11) is 0. The Morgan fingerprint density at radius 2 is 1.62 bits per heavy atom. The van der Waals surface area contributed by atoms with Crippen LogP contribution in [0.25, 0.3) is 0 Å². The van der Waals surface area contributed by atoms with Gasteiger partial charge in [0, 0.05) is 24.3 Å². The normalized spacial score (nSPS) is 28.2. The van der Waals surface area contributed by atoms with Crippen LogP contribution in [0, 0.1) is 11.8 Å². The maximum atomic E-state index is 12.6. The first-order chi connectivity index (χ1) is 12.3. The number of amides is 2. The van der Waals surface area contributed by atoms with Gasteiger partial charge in [-0.05, 0) is 51.0 Å². The minimum absolute atomic E-state index is 0.00548. The van der Waals surface area contributed by atoms with Crippen LogP contribution in [0.3, 0.4) is 0 Å². The number of ether oxygens (including phenoxy) is 1. The van der Waals surface area contributed by atoms with Crippen molar-refractivity contribution in [3.05, 3.63) is 29.8 Å². The van der Waals surface area contributed by atoms with Gasteiger partial charge in [0.05, 0.1) is 24.0 Å². The van der Waals surface area contributed by atoms with Crippen molar-refractivity contribution in [1.82, 2.24) is 4.90 Å². The number of morpholine rings is 1.